The summed E-state index contributed by atoms with van der Waals surface area (Å²) >= 11 is 0. The Labute approximate surface area is 95.7 Å². The van der Waals surface area contributed by atoms with E-state index in [1.807, 2.05) is 37.3 Å². The van der Waals surface area contributed by atoms with E-state index in [0.29, 0.717) is 0 Å². The molecule has 0 aliphatic heterocycles. The van der Waals surface area contributed by atoms with Crippen LogP contribution in [0.3, 0.4) is 0 Å². The Morgan fingerprint density at radius 3 is 2.62 bits per heavy atom. The molecule has 0 aromatic heterocycles. The predicted molar refractivity (Wildman–Crippen MR) is 63.0 cm³/mol. The second-order valence-electron chi connectivity index (χ2n) is 3.49. The van der Waals surface area contributed by atoms with Crippen LogP contribution in [-0.2, 0) is 4.79 Å². The summed E-state index contributed by atoms with van der Waals surface area (Å²) in [6.45, 7) is 2.87. The Morgan fingerprint density at radius 2 is 2.06 bits per heavy atom. The molecule has 16 heavy (non-hydrogen) atoms. The summed E-state index contributed by atoms with van der Waals surface area (Å²) in [6.07, 6.45) is 0. The molecule has 1 aromatic carbocycles. The highest BCUT2D eigenvalue weighted by Crippen LogP contribution is 2.10. The molecule has 4 nitrogen and oxygen atoms in total. The van der Waals surface area contributed by atoms with Crippen molar-refractivity contribution < 1.29 is 9.90 Å². The van der Waals surface area contributed by atoms with E-state index in [2.05, 4.69) is 10.6 Å². The number of nitrogens with one attached hydrogen (secondary N) is 2. The van der Waals surface area contributed by atoms with Crippen LogP contribution in [0.5, 0.6) is 0 Å². The van der Waals surface area contributed by atoms with Gasteiger partial charge in [0.2, 0.25) is 5.91 Å². The normalized spacial score (nSPS) is 12.1. The number of rotatable bonds is 6. The van der Waals surface area contributed by atoms with E-state index in [1.54, 1.807) is 0 Å². The van der Waals surface area contributed by atoms with E-state index in [1.165, 1.54) is 0 Å². The quantitative estimate of drug-likeness (QED) is 0.654. The number of carbonyl (C=O) groups excluding carboxylic acids is 1. The molecule has 0 heterocycles. The van der Waals surface area contributed by atoms with Crippen LogP contribution in [0.4, 0.5) is 0 Å². The minimum atomic E-state index is -0.327. The lowest BCUT2D eigenvalue weighted by atomic mass is 10.1. The molecule has 0 fully saturated rings. The van der Waals surface area contributed by atoms with Crippen LogP contribution in [-0.4, -0.2) is 30.7 Å². The maximum absolute atomic E-state index is 11.5. The zero-order chi connectivity index (χ0) is 11.8. The van der Waals surface area contributed by atoms with Crippen molar-refractivity contribution in [1.82, 2.24) is 10.6 Å². The molecule has 0 saturated heterocycles. The monoisotopic (exact) mass is 222 g/mol. The van der Waals surface area contributed by atoms with Crippen molar-refractivity contribution in [3.8, 4) is 0 Å². The summed E-state index contributed by atoms with van der Waals surface area (Å²) in [4.78, 5) is 11.5. The van der Waals surface area contributed by atoms with Crippen molar-refractivity contribution in [2.45, 2.75) is 13.0 Å². The molecular formula is C12H18N2O2. The van der Waals surface area contributed by atoms with Gasteiger partial charge in [-0.25, -0.2) is 0 Å². The second kappa shape index (κ2) is 6.98. The Hall–Kier alpha value is -1.39. The van der Waals surface area contributed by atoms with E-state index in [-0.39, 0.29) is 25.1 Å². The summed E-state index contributed by atoms with van der Waals surface area (Å²) in [7, 11) is 0. The Balaban J connectivity index is 2.52. The van der Waals surface area contributed by atoms with Gasteiger partial charge in [-0.05, 0) is 12.1 Å². The molecular weight excluding hydrogens is 204 g/mol. The lowest BCUT2D eigenvalue weighted by molar-refractivity contribution is -0.121. The van der Waals surface area contributed by atoms with Gasteiger partial charge in [-0.3, -0.25) is 4.79 Å². The summed E-state index contributed by atoms with van der Waals surface area (Å²) in [5.74, 6) is -0.107. The highest BCUT2D eigenvalue weighted by molar-refractivity contribution is 5.78. The number of hydrogen-bond donors (Lipinski definition) is 3. The number of carbonyl (C=O) groups is 1. The molecule has 0 radical (unpaired) electrons. The fraction of sp³-hybridized carbons (Fsp3) is 0.417. The lowest BCUT2D eigenvalue weighted by Gasteiger charge is -2.16. The van der Waals surface area contributed by atoms with Crippen LogP contribution in [0, 0.1) is 0 Å². The zero-order valence-electron chi connectivity index (χ0n) is 9.44. The molecule has 1 rings (SSSR count). The molecule has 1 atom stereocenters. The number of aliphatic hydroxyl groups excluding tert-OH is 1. The molecule has 1 amide bonds. The zero-order valence-corrected chi connectivity index (χ0v) is 9.44. The maximum atomic E-state index is 11.5. The van der Waals surface area contributed by atoms with Gasteiger partial charge in [-0.2, -0.15) is 0 Å². The smallest absolute Gasteiger partial charge is 0.234 e. The van der Waals surface area contributed by atoms with Crippen LogP contribution in [0.2, 0.25) is 0 Å². The van der Waals surface area contributed by atoms with Gasteiger partial charge in [0.05, 0.1) is 19.2 Å². The van der Waals surface area contributed by atoms with Crippen LogP contribution in [0.15, 0.2) is 30.3 Å². The first kappa shape index (κ1) is 12.7. The van der Waals surface area contributed by atoms with Crippen molar-refractivity contribution in [3.63, 3.8) is 0 Å². The van der Waals surface area contributed by atoms with Crippen LogP contribution >= 0.6 is 0 Å². The number of amides is 1. The van der Waals surface area contributed by atoms with Crippen LogP contribution in [0.25, 0.3) is 0 Å². The van der Waals surface area contributed by atoms with Gasteiger partial charge in [-0.1, -0.05) is 37.3 Å². The summed E-state index contributed by atoms with van der Waals surface area (Å²) < 4.78 is 0. The SMILES string of the molecule is CCNCC(=O)N[C@H](CO)c1ccccc1. The minimum absolute atomic E-state index is 0.0954. The number of hydrogen-bond acceptors (Lipinski definition) is 3. The highest BCUT2D eigenvalue weighted by Gasteiger charge is 2.12. The Morgan fingerprint density at radius 1 is 1.38 bits per heavy atom. The van der Waals surface area contributed by atoms with Crippen molar-refractivity contribution in [2.24, 2.45) is 0 Å². The first-order chi connectivity index (χ1) is 7.77. The number of likely N-dealkylation sites (N-methyl/N-ethyl adjacent to an activating group) is 1. The van der Waals surface area contributed by atoms with E-state index >= 15 is 0 Å². The van der Waals surface area contributed by atoms with E-state index < -0.39 is 0 Å². The third-order valence-electron chi connectivity index (χ3n) is 2.26. The van der Waals surface area contributed by atoms with Crippen molar-refractivity contribution in [2.75, 3.05) is 19.7 Å². The third-order valence-corrected chi connectivity index (χ3v) is 2.26. The Bertz CT molecular complexity index is 314. The van der Waals surface area contributed by atoms with Crippen molar-refractivity contribution in [1.29, 1.82) is 0 Å². The summed E-state index contributed by atoms with van der Waals surface area (Å²) in [6, 6.07) is 9.11. The van der Waals surface area contributed by atoms with E-state index in [4.69, 9.17) is 0 Å². The lowest BCUT2D eigenvalue weighted by Crippen LogP contribution is -2.37. The summed E-state index contributed by atoms with van der Waals surface area (Å²) in [5, 5.41) is 14.9. The molecule has 1 aromatic rings. The predicted octanol–water partition coefficient (Wildman–Crippen LogP) is 0.446. The van der Waals surface area contributed by atoms with Gasteiger partial charge in [0.15, 0.2) is 0 Å². The first-order valence-corrected chi connectivity index (χ1v) is 5.43. The largest absolute Gasteiger partial charge is 0.394 e. The molecule has 0 aliphatic rings. The molecule has 3 N–H and O–H groups in total. The first-order valence-electron chi connectivity index (χ1n) is 5.43. The van der Waals surface area contributed by atoms with Gasteiger partial charge in [0, 0.05) is 0 Å². The van der Waals surface area contributed by atoms with Gasteiger partial charge < -0.3 is 15.7 Å². The fourth-order valence-corrected chi connectivity index (χ4v) is 1.40. The van der Waals surface area contributed by atoms with Crippen LogP contribution in [0.1, 0.15) is 18.5 Å². The summed E-state index contributed by atoms with van der Waals surface area (Å²) in [5.41, 5.74) is 0.912. The molecule has 88 valence electrons. The molecule has 0 aliphatic carbocycles. The Kier molecular flexibility index (Phi) is 5.53. The fourth-order valence-electron chi connectivity index (χ4n) is 1.40. The van der Waals surface area contributed by atoms with Gasteiger partial charge in [0.25, 0.3) is 0 Å². The molecule has 0 spiro atoms. The number of aliphatic hydroxyl groups is 1. The van der Waals surface area contributed by atoms with Gasteiger partial charge >= 0.3 is 0 Å². The third kappa shape index (κ3) is 4.00. The van der Waals surface area contributed by atoms with Crippen LogP contribution < -0.4 is 10.6 Å². The average Bonchev–Trinajstić information content (AvgIpc) is 2.34. The topological polar surface area (TPSA) is 61.4 Å². The molecule has 0 saturated carbocycles. The van der Waals surface area contributed by atoms with Gasteiger partial charge in [-0.15, -0.1) is 0 Å². The van der Waals surface area contributed by atoms with Crippen molar-refractivity contribution >= 4 is 5.91 Å². The molecule has 0 unspecified atom stereocenters. The highest BCUT2D eigenvalue weighted by atomic mass is 16.3. The standard InChI is InChI=1S/C12H18N2O2/c1-2-13-8-12(16)14-11(9-15)10-6-4-3-5-7-10/h3-7,11,13,15H,2,8-9H2,1H3,(H,14,16)/t11-/m1/s1. The van der Waals surface area contributed by atoms with Gasteiger partial charge in [0.1, 0.15) is 0 Å². The molecule has 0 bridgehead atoms. The minimum Gasteiger partial charge on any atom is -0.394 e. The van der Waals surface area contributed by atoms with Crippen molar-refractivity contribution in [3.05, 3.63) is 35.9 Å². The second-order valence-corrected chi connectivity index (χ2v) is 3.49. The molecule has 4 heteroatoms. The van der Waals surface area contributed by atoms with E-state index in [0.717, 1.165) is 12.1 Å². The number of benzene rings is 1. The van der Waals surface area contributed by atoms with E-state index in [9.17, 15) is 9.90 Å². The maximum Gasteiger partial charge on any atom is 0.234 e. The average molecular weight is 222 g/mol.